The van der Waals surface area contributed by atoms with Crippen LogP contribution in [0.1, 0.15) is 32.9 Å². The van der Waals surface area contributed by atoms with Crippen molar-refractivity contribution in [2.45, 2.75) is 20.4 Å². The summed E-state index contributed by atoms with van der Waals surface area (Å²) in [6.45, 7) is 3.97. The normalized spacial score (nSPS) is 12.5. The van der Waals surface area contributed by atoms with Crippen molar-refractivity contribution in [3.8, 4) is 6.07 Å². The number of aromatic nitrogens is 3. The highest BCUT2D eigenvalue weighted by molar-refractivity contribution is 7.07. The summed E-state index contributed by atoms with van der Waals surface area (Å²) >= 11 is 1.09. The highest BCUT2D eigenvalue weighted by atomic mass is 32.1. The molecule has 0 radical (unpaired) electrons. The summed E-state index contributed by atoms with van der Waals surface area (Å²) in [6, 6.07) is 16.3. The number of ketones is 1. The molecule has 0 atom stereocenters. The third kappa shape index (κ3) is 4.38. The van der Waals surface area contributed by atoms with Crippen LogP contribution < -0.4 is 14.8 Å². The standard InChI is InChI=1S/C26H21FN4O2S/c1-16-21(17(2)30(3)29-16)13-23-25(33)31(15-18-7-5-4-6-8-18)26(34-23)22(14-28)24(32)19-9-11-20(27)12-10-19/h4-13H,15H2,1-3H3. The van der Waals surface area contributed by atoms with Gasteiger partial charge in [0.05, 0.1) is 16.8 Å². The maximum Gasteiger partial charge on any atom is 0.269 e. The van der Waals surface area contributed by atoms with Gasteiger partial charge in [-0.25, -0.2) is 4.39 Å². The van der Waals surface area contributed by atoms with Crippen LogP contribution in [0.2, 0.25) is 0 Å². The lowest BCUT2D eigenvalue weighted by molar-refractivity contribution is 0.105. The monoisotopic (exact) mass is 472 g/mol. The van der Waals surface area contributed by atoms with Crippen LogP contribution in [-0.4, -0.2) is 20.1 Å². The first-order valence-electron chi connectivity index (χ1n) is 10.5. The molecule has 4 aromatic rings. The summed E-state index contributed by atoms with van der Waals surface area (Å²) in [5.74, 6) is -1.04. The molecule has 6 nitrogen and oxygen atoms in total. The van der Waals surface area contributed by atoms with E-state index in [1.54, 1.807) is 10.8 Å². The fourth-order valence-electron chi connectivity index (χ4n) is 3.69. The zero-order valence-electron chi connectivity index (χ0n) is 18.9. The van der Waals surface area contributed by atoms with Crippen molar-refractivity contribution in [3.63, 3.8) is 0 Å². The summed E-state index contributed by atoms with van der Waals surface area (Å²) in [4.78, 5) is 26.7. The summed E-state index contributed by atoms with van der Waals surface area (Å²) in [5, 5.41) is 14.3. The largest absolute Gasteiger partial charge is 0.293 e. The van der Waals surface area contributed by atoms with Gasteiger partial charge in [0.2, 0.25) is 5.78 Å². The number of Topliss-reactive ketones (excluding diaryl/α,β-unsaturated/α-hetero) is 1. The minimum absolute atomic E-state index is 0.163. The van der Waals surface area contributed by atoms with E-state index in [1.807, 2.05) is 57.3 Å². The SMILES string of the molecule is Cc1nn(C)c(C)c1C=c1sc(=C(C#N)C(=O)c2ccc(F)cc2)n(Cc2ccccc2)c1=O. The van der Waals surface area contributed by atoms with E-state index in [9.17, 15) is 19.2 Å². The summed E-state index contributed by atoms with van der Waals surface area (Å²) in [6.07, 6.45) is 1.76. The van der Waals surface area contributed by atoms with Crippen molar-refractivity contribution in [2.75, 3.05) is 0 Å². The zero-order valence-corrected chi connectivity index (χ0v) is 19.7. The molecule has 0 saturated carbocycles. The number of halogens is 1. The Labute approximate surface area is 199 Å². The first-order valence-corrected chi connectivity index (χ1v) is 11.3. The van der Waals surface area contributed by atoms with Crippen LogP contribution in [0.5, 0.6) is 0 Å². The molecule has 0 saturated heterocycles. The summed E-state index contributed by atoms with van der Waals surface area (Å²) in [5.41, 5.74) is 3.06. The minimum Gasteiger partial charge on any atom is -0.293 e. The molecular weight excluding hydrogens is 451 g/mol. The molecule has 2 heterocycles. The highest BCUT2D eigenvalue weighted by Crippen LogP contribution is 2.13. The van der Waals surface area contributed by atoms with Gasteiger partial charge in [-0.05, 0) is 49.8 Å². The van der Waals surface area contributed by atoms with Gasteiger partial charge in [-0.15, -0.1) is 11.3 Å². The van der Waals surface area contributed by atoms with E-state index in [-0.39, 0.29) is 27.9 Å². The Morgan fingerprint density at radius 1 is 1.15 bits per heavy atom. The summed E-state index contributed by atoms with van der Waals surface area (Å²) < 4.78 is 17.2. The Hall–Kier alpha value is -4.09. The van der Waals surface area contributed by atoms with Gasteiger partial charge in [-0.2, -0.15) is 10.4 Å². The van der Waals surface area contributed by atoms with E-state index in [0.717, 1.165) is 33.9 Å². The summed E-state index contributed by atoms with van der Waals surface area (Å²) in [7, 11) is 1.83. The van der Waals surface area contributed by atoms with Crippen LogP contribution in [0, 0.1) is 31.0 Å². The zero-order chi connectivity index (χ0) is 24.4. The van der Waals surface area contributed by atoms with Gasteiger partial charge in [0.25, 0.3) is 5.56 Å². The van der Waals surface area contributed by atoms with Crippen molar-refractivity contribution in [1.29, 1.82) is 5.26 Å². The van der Waals surface area contributed by atoms with Gasteiger partial charge in [-0.1, -0.05) is 30.3 Å². The van der Waals surface area contributed by atoms with E-state index in [1.165, 1.54) is 28.8 Å². The second kappa shape index (κ2) is 9.41. The second-order valence-electron chi connectivity index (χ2n) is 7.82. The molecule has 0 aliphatic carbocycles. The molecule has 0 aliphatic rings. The Bertz CT molecular complexity index is 1600. The number of benzene rings is 2. The first-order chi connectivity index (χ1) is 16.3. The van der Waals surface area contributed by atoms with Crippen LogP contribution in [0.4, 0.5) is 4.39 Å². The topological polar surface area (TPSA) is 80.7 Å². The van der Waals surface area contributed by atoms with Crippen molar-refractivity contribution in [1.82, 2.24) is 14.3 Å². The Kier molecular flexibility index (Phi) is 6.39. The van der Waals surface area contributed by atoms with E-state index >= 15 is 0 Å². The Balaban J connectivity index is 2.00. The molecule has 170 valence electrons. The van der Waals surface area contributed by atoms with E-state index in [0.29, 0.717) is 4.53 Å². The molecule has 0 fully saturated rings. The fourth-order valence-corrected chi connectivity index (χ4v) is 4.77. The molecule has 2 aromatic heterocycles. The van der Waals surface area contributed by atoms with Crippen LogP contribution in [-0.2, 0) is 13.6 Å². The van der Waals surface area contributed by atoms with Crippen LogP contribution in [0.25, 0.3) is 11.6 Å². The molecule has 34 heavy (non-hydrogen) atoms. The predicted octanol–water partition coefficient (Wildman–Crippen LogP) is 2.83. The Morgan fingerprint density at radius 3 is 2.41 bits per heavy atom. The minimum atomic E-state index is -0.564. The van der Waals surface area contributed by atoms with Gasteiger partial charge >= 0.3 is 0 Å². The van der Waals surface area contributed by atoms with Crippen molar-refractivity contribution in [3.05, 3.63) is 108 Å². The van der Waals surface area contributed by atoms with Crippen LogP contribution in [0.3, 0.4) is 0 Å². The molecular formula is C26H21FN4O2S. The number of carbonyl (C=O) groups excluding carboxylic acids is 1. The fraction of sp³-hybridized carbons (Fsp3) is 0.154. The number of aryl methyl sites for hydroxylation is 2. The molecule has 0 N–H and O–H groups in total. The lowest BCUT2D eigenvalue weighted by Crippen LogP contribution is -2.33. The third-order valence-corrected chi connectivity index (χ3v) is 6.72. The van der Waals surface area contributed by atoms with Crippen molar-refractivity contribution >= 4 is 28.8 Å². The number of rotatable bonds is 5. The molecule has 8 heteroatoms. The smallest absolute Gasteiger partial charge is 0.269 e. The average molecular weight is 473 g/mol. The number of hydrogen-bond acceptors (Lipinski definition) is 5. The second-order valence-corrected chi connectivity index (χ2v) is 8.85. The van der Waals surface area contributed by atoms with Gasteiger partial charge < -0.3 is 0 Å². The van der Waals surface area contributed by atoms with E-state index in [4.69, 9.17) is 0 Å². The predicted molar refractivity (Wildman–Crippen MR) is 129 cm³/mol. The molecule has 2 aromatic carbocycles. The third-order valence-electron chi connectivity index (χ3n) is 5.59. The highest BCUT2D eigenvalue weighted by Gasteiger charge is 2.18. The van der Waals surface area contributed by atoms with Gasteiger partial charge in [0.15, 0.2) is 0 Å². The van der Waals surface area contributed by atoms with Gasteiger partial charge in [0, 0.05) is 23.9 Å². The van der Waals surface area contributed by atoms with E-state index < -0.39 is 11.6 Å². The number of nitriles is 1. The first kappa shape index (κ1) is 23.1. The molecule has 0 bridgehead atoms. The molecule has 0 aliphatic heterocycles. The number of carbonyl (C=O) groups is 1. The average Bonchev–Trinajstić information content (AvgIpc) is 3.25. The molecule has 0 spiro atoms. The number of hydrogen-bond donors (Lipinski definition) is 0. The van der Waals surface area contributed by atoms with E-state index in [2.05, 4.69) is 5.10 Å². The maximum absolute atomic E-state index is 13.5. The number of nitrogens with zero attached hydrogens (tertiary/aromatic N) is 4. The van der Waals surface area contributed by atoms with Crippen molar-refractivity contribution in [2.24, 2.45) is 7.05 Å². The van der Waals surface area contributed by atoms with Crippen LogP contribution >= 0.6 is 11.3 Å². The molecule has 0 amide bonds. The Morgan fingerprint density at radius 2 is 1.82 bits per heavy atom. The van der Waals surface area contributed by atoms with Crippen molar-refractivity contribution < 1.29 is 9.18 Å². The molecule has 4 rings (SSSR count). The van der Waals surface area contributed by atoms with Crippen LogP contribution in [0.15, 0.2) is 59.4 Å². The van der Waals surface area contributed by atoms with Gasteiger partial charge in [-0.3, -0.25) is 18.8 Å². The maximum atomic E-state index is 13.5. The lowest BCUT2D eigenvalue weighted by Gasteiger charge is -2.04. The van der Waals surface area contributed by atoms with Gasteiger partial charge in [0.1, 0.15) is 22.1 Å². The quantitative estimate of drug-likeness (QED) is 0.419. The number of thiazole rings is 1. The molecule has 0 unspecified atom stereocenters. The lowest BCUT2D eigenvalue weighted by atomic mass is 10.1.